The molecule has 9 heteroatoms. The normalized spacial score (nSPS) is 16.8. The van der Waals surface area contributed by atoms with Gasteiger partial charge in [0.25, 0.3) is 0 Å². The number of sulfone groups is 1. The van der Waals surface area contributed by atoms with Crippen molar-refractivity contribution in [1.82, 2.24) is 10.2 Å². The number of amides is 1. The third-order valence-corrected chi connectivity index (χ3v) is 5.99. The van der Waals surface area contributed by atoms with E-state index in [1.54, 1.807) is 18.0 Å². The Morgan fingerprint density at radius 1 is 1.28 bits per heavy atom. The van der Waals surface area contributed by atoms with Crippen LogP contribution in [0.3, 0.4) is 0 Å². The van der Waals surface area contributed by atoms with Crippen molar-refractivity contribution in [3.8, 4) is 11.5 Å². The number of nitrogens with one attached hydrogen (secondary N) is 1. The molecule has 1 aliphatic rings. The number of nitrogens with zero attached hydrogens (tertiary/aromatic N) is 1. The number of ether oxygens (including phenoxy) is 2. The largest absolute Gasteiger partial charge is 0.493 e. The van der Waals surface area contributed by atoms with E-state index in [4.69, 9.17) is 9.47 Å². The second kappa shape index (κ2) is 9.26. The van der Waals surface area contributed by atoms with E-state index in [1.807, 2.05) is 0 Å². The van der Waals surface area contributed by atoms with Gasteiger partial charge in [0, 0.05) is 32.1 Å². The first kappa shape index (κ1) is 21.5. The summed E-state index contributed by atoms with van der Waals surface area (Å²) >= 11 is 0. The van der Waals surface area contributed by atoms with Crippen LogP contribution in [0.15, 0.2) is 23.1 Å². The summed E-state index contributed by atoms with van der Waals surface area (Å²) in [6.45, 7) is 1.64. The van der Waals surface area contributed by atoms with E-state index in [9.17, 15) is 13.2 Å². The van der Waals surface area contributed by atoms with Crippen LogP contribution in [0.25, 0.3) is 0 Å². The summed E-state index contributed by atoms with van der Waals surface area (Å²) < 4.78 is 35.2. The highest BCUT2D eigenvalue weighted by molar-refractivity contribution is 7.91. The lowest BCUT2D eigenvalue weighted by atomic mass is 10.2. The Hall–Kier alpha value is -1.51. The quantitative estimate of drug-likeness (QED) is 0.748. The van der Waals surface area contributed by atoms with Crippen LogP contribution in [0.5, 0.6) is 11.5 Å². The van der Waals surface area contributed by atoms with Crippen molar-refractivity contribution < 1.29 is 22.7 Å². The van der Waals surface area contributed by atoms with E-state index in [1.165, 1.54) is 26.4 Å². The number of hydrogen-bond acceptors (Lipinski definition) is 6. The first-order valence-electron chi connectivity index (χ1n) is 7.80. The zero-order chi connectivity index (χ0) is 17.7. The number of benzene rings is 1. The summed E-state index contributed by atoms with van der Waals surface area (Å²) in [5, 5.41) is 3.19. The topological polar surface area (TPSA) is 84.9 Å². The second-order valence-corrected chi connectivity index (χ2v) is 7.85. The highest BCUT2D eigenvalue weighted by Crippen LogP contribution is 2.30. The minimum Gasteiger partial charge on any atom is -0.493 e. The molecule has 1 aromatic rings. The second-order valence-electron chi connectivity index (χ2n) is 5.74. The number of carbonyl (C=O) groups excluding carboxylic acids is 1. The maximum atomic E-state index is 12.5. The number of likely N-dealkylation sites (N-methyl/N-ethyl adjacent to an activating group) is 1. The van der Waals surface area contributed by atoms with Crippen LogP contribution >= 0.6 is 12.4 Å². The van der Waals surface area contributed by atoms with Crippen LogP contribution in [0, 0.1) is 0 Å². The molecule has 1 unspecified atom stereocenters. The number of halogens is 1. The van der Waals surface area contributed by atoms with Crippen LogP contribution < -0.4 is 14.8 Å². The van der Waals surface area contributed by atoms with E-state index in [0.717, 1.165) is 19.5 Å². The molecule has 0 aliphatic carbocycles. The number of methoxy groups -OCH3 is 2. The summed E-state index contributed by atoms with van der Waals surface area (Å²) in [5.41, 5.74) is 0. The summed E-state index contributed by atoms with van der Waals surface area (Å²) in [7, 11) is 1.09. The van der Waals surface area contributed by atoms with Gasteiger partial charge in [0.1, 0.15) is 0 Å². The van der Waals surface area contributed by atoms with Gasteiger partial charge in [-0.2, -0.15) is 0 Å². The van der Waals surface area contributed by atoms with Gasteiger partial charge in [-0.3, -0.25) is 4.79 Å². The van der Waals surface area contributed by atoms with Crippen molar-refractivity contribution in [2.45, 2.75) is 23.8 Å². The predicted octanol–water partition coefficient (Wildman–Crippen LogP) is 1.11. The van der Waals surface area contributed by atoms with Gasteiger partial charge < -0.3 is 19.7 Å². The molecule has 1 amide bonds. The van der Waals surface area contributed by atoms with E-state index >= 15 is 0 Å². The van der Waals surface area contributed by atoms with Gasteiger partial charge in [0.2, 0.25) is 5.91 Å². The molecule has 2 rings (SSSR count). The Kier molecular flexibility index (Phi) is 7.98. The molecule has 1 atom stereocenters. The van der Waals surface area contributed by atoms with Crippen molar-refractivity contribution >= 4 is 28.2 Å². The summed E-state index contributed by atoms with van der Waals surface area (Å²) in [6, 6.07) is 4.57. The van der Waals surface area contributed by atoms with E-state index in [-0.39, 0.29) is 41.4 Å². The highest BCUT2D eigenvalue weighted by Gasteiger charge is 2.25. The maximum absolute atomic E-state index is 12.5. The zero-order valence-corrected chi connectivity index (χ0v) is 16.3. The molecule has 0 saturated carbocycles. The van der Waals surface area contributed by atoms with Gasteiger partial charge in [0.15, 0.2) is 21.3 Å². The molecular formula is C16H25ClN2O5S. The molecule has 1 aromatic carbocycles. The van der Waals surface area contributed by atoms with Crippen LogP contribution in [0.4, 0.5) is 0 Å². The van der Waals surface area contributed by atoms with Gasteiger partial charge in [-0.05, 0) is 25.1 Å². The molecule has 1 heterocycles. The van der Waals surface area contributed by atoms with Crippen molar-refractivity contribution in [2.75, 3.05) is 40.1 Å². The number of rotatable bonds is 7. The number of hydrogen-bond donors (Lipinski definition) is 1. The Bertz CT molecular complexity index is 690. The number of carbonyl (C=O) groups is 1. The van der Waals surface area contributed by atoms with Gasteiger partial charge in [-0.15, -0.1) is 12.4 Å². The molecule has 142 valence electrons. The van der Waals surface area contributed by atoms with Crippen molar-refractivity contribution in [3.63, 3.8) is 0 Å². The van der Waals surface area contributed by atoms with Crippen LogP contribution in [-0.4, -0.2) is 65.4 Å². The maximum Gasteiger partial charge on any atom is 0.223 e. The molecule has 25 heavy (non-hydrogen) atoms. The van der Waals surface area contributed by atoms with Crippen molar-refractivity contribution in [1.29, 1.82) is 0 Å². The zero-order valence-electron chi connectivity index (χ0n) is 14.6. The summed E-state index contributed by atoms with van der Waals surface area (Å²) in [5.74, 6) is 0.416. The van der Waals surface area contributed by atoms with Crippen LogP contribution in [-0.2, 0) is 14.6 Å². The summed E-state index contributed by atoms with van der Waals surface area (Å²) in [4.78, 5) is 14.0. The first-order valence-corrected chi connectivity index (χ1v) is 9.45. The average molecular weight is 393 g/mol. The Labute approximate surface area is 155 Å². The fourth-order valence-corrected chi connectivity index (χ4v) is 3.94. The molecule has 0 bridgehead atoms. The lowest BCUT2D eigenvalue weighted by molar-refractivity contribution is -0.131. The van der Waals surface area contributed by atoms with E-state index in [2.05, 4.69) is 5.32 Å². The molecule has 0 radical (unpaired) electrons. The predicted molar refractivity (Wildman–Crippen MR) is 97.5 cm³/mol. The molecule has 7 nitrogen and oxygen atoms in total. The molecule has 1 aliphatic heterocycles. The summed E-state index contributed by atoms with van der Waals surface area (Å²) in [6.07, 6.45) is 0.856. The molecule has 1 saturated heterocycles. The fourth-order valence-electron chi connectivity index (χ4n) is 2.70. The Balaban J connectivity index is 0.00000312. The minimum absolute atomic E-state index is 0. The third kappa shape index (κ3) is 5.23. The monoisotopic (exact) mass is 392 g/mol. The molecule has 1 N–H and O–H groups in total. The highest BCUT2D eigenvalue weighted by atomic mass is 35.5. The third-order valence-electron chi connectivity index (χ3n) is 4.27. The van der Waals surface area contributed by atoms with E-state index in [0.29, 0.717) is 11.5 Å². The lowest BCUT2D eigenvalue weighted by Gasteiger charge is -2.23. The molecule has 0 aromatic heterocycles. The molecule has 0 spiro atoms. The average Bonchev–Trinajstić information content (AvgIpc) is 3.12. The van der Waals surface area contributed by atoms with Crippen molar-refractivity contribution in [3.05, 3.63) is 18.2 Å². The lowest BCUT2D eigenvalue weighted by Crippen LogP contribution is -2.39. The SMILES string of the molecule is COc1ccc(S(=O)(=O)CCC(=O)N(C)C2CCNC2)cc1OC.Cl. The molecule has 1 fully saturated rings. The van der Waals surface area contributed by atoms with Gasteiger partial charge in [-0.25, -0.2) is 8.42 Å². The minimum atomic E-state index is -3.57. The Morgan fingerprint density at radius 2 is 1.96 bits per heavy atom. The first-order chi connectivity index (χ1) is 11.4. The molecular weight excluding hydrogens is 368 g/mol. The van der Waals surface area contributed by atoms with E-state index < -0.39 is 9.84 Å². The smallest absolute Gasteiger partial charge is 0.223 e. The van der Waals surface area contributed by atoms with Gasteiger partial charge in [-0.1, -0.05) is 0 Å². The van der Waals surface area contributed by atoms with Gasteiger partial charge in [0.05, 0.1) is 24.9 Å². The van der Waals surface area contributed by atoms with Crippen LogP contribution in [0.2, 0.25) is 0 Å². The Morgan fingerprint density at radius 3 is 2.52 bits per heavy atom. The standard InChI is InChI=1S/C16H24N2O5S.ClH/c1-18(12-6-8-17-11-12)16(19)7-9-24(20,21)13-4-5-14(22-2)15(10-13)23-3;/h4-5,10,12,17H,6-9,11H2,1-3H3;1H. The fraction of sp³-hybridized carbons (Fsp3) is 0.562. The van der Waals surface area contributed by atoms with Gasteiger partial charge >= 0.3 is 0 Å². The van der Waals surface area contributed by atoms with Crippen molar-refractivity contribution in [2.24, 2.45) is 0 Å². The van der Waals surface area contributed by atoms with Crippen LogP contribution in [0.1, 0.15) is 12.8 Å².